The summed E-state index contributed by atoms with van der Waals surface area (Å²) >= 11 is 20.0. The number of hydrogen-bond donors (Lipinski definition) is 1. The fourth-order valence-electron chi connectivity index (χ4n) is 3.88. The standard InChI is InChI=1S/C24H14Cl3N3O2S/c25-15-9-14(10-16(26)11-15)21-22(18-5-1-2-6-19(18)31)30(13-17-12-28-24(27)33-17)20-7-3-4-8-29(20)23(21)32/h1-12H,13H2/p+1. The molecule has 0 aliphatic carbocycles. The number of phenolic OH excluding ortho intramolecular Hbond substituents is 1. The van der Waals surface area contributed by atoms with Gasteiger partial charge < -0.3 is 5.11 Å². The Bertz CT molecular complexity index is 1560. The first kappa shape index (κ1) is 21.9. The molecule has 5 rings (SSSR count). The van der Waals surface area contributed by atoms with Gasteiger partial charge in [0, 0.05) is 22.3 Å². The van der Waals surface area contributed by atoms with Gasteiger partial charge in [0.05, 0.1) is 16.6 Å². The molecule has 0 radical (unpaired) electrons. The molecule has 0 unspecified atom stereocenters. The molecular formula is C24H15Cl3N3O2S+. The molecule has 0 fully saturated rings. The van der Waals surface area contributed by atoms with Gasteiger partial charge in [0.1, 0.15) is 17.9 Å². The predicted octanol–water partition coefficient (Wildman–Crippen LogP) is 6.09. The first-order valence-electron chi connectivity index (χ1n) is 9.84. The van der Waals surface area contributed by atoms with Crippen LogP contribution >= 0.6 is 46.1 Å². The van der Waals surface area contributed by atoms with Gasteiger partial charge in [-0.05, 0) is 42.0 Å². The van der Waals surface area contributed by atoms with Gasteiger partial charge in [0.15, 0.2) is 10.2 Å². The average molecular weight is 516 g/mol. The van der Waals surface area contributed by atoms with E-state index in [9.17, 15) is 9.90 Å². The summed E-state index contributed by atoms with van der Waals surface area (Å²) in [4.78, 5) is 18.9. The first-order valence-corrected chi connectivity index (χ1v) is 11.8. The quantitative estimate of drug-likeness (QED) is 0.295. The monoisotopic (exact) mass is 514 g/mol. The number of aromatic nitrogens is 3. The summed E-state index contributed by atoms with van der Waals surface area (Å²) in [5, 5.41) is 11.6. The molecular weight excluding hydrogens is 501 g/mol. The van der Waals surface area contributed by atoms with E-state index in [1.165, 1.54) is 11.3 Å². The van der Waals surface area contributed by atoms with Crippen LogP contribution in [0.5, 0.6) is 5.75 Å². The summed E-state index contributed by atoms with van der Waals surface area (Å²) in [6.07, 6.45) is 3.41. The van der Waals surface area contributed by atoms with Crippen LogP contribution in [-0.2, 0) is 6.54 Å². The largest absolute Gasteiger partial charge is 0.507 e. The highest BCUT2D eigenvalue weighted by Crippen LogP contribution is 2.35. The van der Waals surface area contributed by atoms with Gasteiger partial charge in [-0.25, -0.2) is 14.3 Å². The molecule has 0 spiro atoms. The maximum atomic E-state index is 13.8. The van der Waals surface area contributed by atoms with Crippen molar-refractivity contribution in [1.29, 1.82) is 0 Å². The fraction of sp³-hybridized carbons (Fsp3) is 0.0417. The summed E-state index contributed by atoms with van der Waals surface area (Å²) in [5.74, 6) is 0.0441. The maximum Gasteiger partial charge on any atom is 0.350 e. The van der Waals surface area contributed by atoms with Crippen molar-refractivity contribution in [1.82, 2.24) is 9.38 Å². The van der Waals surface area contributed by atoms with Crippen molar-refractivity contribution in [2.45, 2.75) is 6.54 Å². The van der Waals surface area contributed by atoms with Crippen molar-refractivity contribution >= 4 is 51.8 Å². The van der Waals surface area contributed by atoms with Crippen LogP contribution in [0.1, 0.15) is 4.88 Å². The maximum absolute atomic E-state index is 13.8. The van der Waals surface area contributed by atoms with Crippen molar-refractivity contribution in [3.05, 3.63) is 103 Å². The van der Waals surface area contributed by atoms with E-state index in [-0.39, 0.29) is 11.3 Å². The predicted molar refractivity (Wildman–Crippen MR) is 133 cm³/mol. The molecule has 164 valence electrons. The highest BCUT2D eigenvalue weighted by atomic mass is 35.5. The van der Waals surface area contributed by atoms with E-state index in [0.29, 0.717) is 49.1 Å². The van der Waals surface area contributed by atoms with Crippen molar-refractivity contribution in [3.63, 3.8) is 0 Å². The lowest BCUT2D eigenvalue weighted by molar-refractivity contribution is -0.654. The molecule has 0 bridgehead atoms. The van der Waals surface area contributed by atoms with Crippen LogP contribution in [0.4, 0.5) is 0 Å². The molecule has 0 saturated heterocycles. The second-order valence-corrected chi connectivity index (χ2v) is 9.87. The molecule has 0 saturated carbocycles. The Morgan fingerprint density at radius 3 is 2.42 bits per heavy atom. The Morgan fingerprint density at radius 1 is 1.00 bits per heavy atom. The molecule has 0 aliphatic heterocycles. The van der Waals surface area contributed by atoms with E-state index in [4.69, 9.17) is 34.8 Å². The Labute approximate surface area is 207 Å². The lowest BCUT2D eigenvalue weighted by atomic mass is 9.98. The van der Waals surface area contributed by atoms with Gasteiger partial charge in [-0.3, -0.25) is 0 Å². The molecule has 5 nitrogen and oxygen atoms in total. The van der Waals surface area contributed by atoms with Gasteiger partial charge in [-0.1, -0.05) is 53.0 Å². The number of nitrogens with zero attached hydrogens (tertiary/aromatic N) is 3. The van der Waals surface area contributed by atoms with E-state index >= 15 is 0 Å². The molecule has 33 heavy (non-hydrogen) atoms. The number of hydrogen-bond acceptors (Lipinski definition) is 4. The Hall–Kier alpha value is -2.90. The molecule has 0 atom stereocenters. The molecule has 1 N–H and O–H groups in total. The summed E-state index contributed by atoms with van der Waals surface area (Å²) in [7, 11) is 0. The van der Waals surface area contributed by atoms with Crippen molar-refractivity contribution in [3.8, 4) is 28.1 Å². The van der Waals surface area contributed by atoms with Gasteiger partial charge in [0.2, 0.25) is 0 Å². The third-order valence-electron chi connectivity index (χ3n) is 5.20. The number of halogens is 3. The fourth-order valence-corrected chi connectivity index (χ4v) is 5.37. The van der Waals surface area contributed by atoms with E-state index in [1.54, 1.807) is 59.3 Å². The first-order chi connectivity index (χ1) is 15.9. The van der Waals surface area contributed by atoms with Crippen LogP contribution in [0, 0.1) is 0 Å². The summed E-state index contributed by atoms with van der Waals surface area (Å²) < 4.78 is 3.95. The van der Waals surface area contributed by atoms with Crippen molar-refractivity contribution in [2.75, 3.05) is 0 Å². The number of rotatable bonds is 4. The van der Waals surface area contributed by atoms with E-state index in [1.807, 2.05) is 22.8 Å². The SMILES string of the molecule is O=c1c(-c2cc(Cl)cc(Cl)c2)c(-c2ccccc2O)[n+](Cc2cnc(Cl)s2)c2ccccn12. The van der Waals surface area contributed by atoms with E-state index in [2.05, 4.69) is 4.98 Å². The molecule has 3 heterocycles. The van der Waals surface area contributed by atoms with Crippen LogP contribution < -0.4 is 10.1 Å². The van der Waals surface area contributed by atoms with Gasteiger partial charge in [-0.2, -0.15) is 4.40 Å². The summed E-state index contributed by atoms with van der Waals surface area (Å²) in [6.45, 7) is 0.378. The normalized spacial score (nSPS) is 11.2. The topological polar surface area (TPSA) is 58.5 Å². The second-order valence-electron chi connectivity index (χ2n) is 7.30. The third-order valence-corrected chi connectivity index (χ3v) is 6.74. The smallest absolute Gasteiger partial charge is 0.350 e. The van der Waals surface area contributed by atoms with Crippen LogP contribution in [0.2, 0.25) is 14.5 Å². The highest BCUT2D eigenvalue weighted by molar-refractivity contribution is 7.15. The zero-order chi connectivity index (χ0) is 23.1. The number of phenols is 1. The lowest BCUT2D eigenvalue weighted by Gasteiger charge is -2.15. The number of pyridine rings is 1. The molecule has 9 heteroatoms. The van der Waals surface area contributed by atoms with Crippen LogP contribution in [0.15, 0.2) is 77.9 Å². The van der Waals surface area contributed by atoms with Crippen molar-refractivity contribution < 1.29 is 9.67 Å². The summed E-state index contributed by atoms with van der Waals surface area (Å²) in [6, 6.07) is 17.4. The Kier molecular flexibility index (Phi) is 5.85. The number of thiazole rings is 1. The van der Waals surface area contributed by atoms with Crippen molar-refractivity contribution in [2.24, 2.45) is 0 Å². The van der Waals surface area contributed by atoms with Crippen LogP contribution in [-0.4, -0.2) is 14.5 Å². The Balaban J connectivity index is 1.96. The number of para-hydroxylation sites is 1. The van der Waals surface area contributed by atoms with Gasteiger partial charge in [-0.15, -0.1) is 11.3 Å². The summed E-state index contributed by atoms with van der Waals surface area (Å²) in [5.41, 5.74) is 2.32. The van der Waals surface area contributed by atoms with Gasteiger partial charge in [0.25, 0.3) is 5.65 Å². The number of fused-ring (bicyclic) bond motifs is 1. The van der Waals surface area contributed by atoms with Crippen LogP contribution in [0.3, 0.4) is 0 Å². The number of aromatic hydroxyl groups is 1. The zero-order valence-corrected chi connectivity index (χ0v) is 20.0. The molecule has 0 amide bonds. The molecule has 5 aromatic rings. The molecule has 0 aliphatic rings. The minimum absolute atomic E-state index is 0.0441. The average Bonchev–Trinajstić information content (AvgIpc) is 3.20. The zero-order valence-electron chi connectivity index (χ0n) is 16.9. The minimum Gasteiger partial charge on any atom is -0.507 e. The van der Waals surface area contributed by atoms with E-state index in [0.717, 1.165) is 4.88 Å². The lowest BCUT2D eigenvalue weighted by Crippen LogP contribution is -2.43. The highest BCUT2D eigenvalue weighted by Gasteiger charge is 2.28. The molecule has 3 aromatic heterocycles. The Morgan fingerprint density at radius 2 is 1.73 bits per heavy atom. The molecule has 2 aromatic carbocycles. The van der Waals surface area contributed by atoms with E-state index < -0.39 is 0 Å². The van der Waals surface area contributed by atoms with Gasteiger partial charge >= 0.3 is 5.56 Å². The van der Waals surface area contributed by atoms with Crippen LogP contribution in [0.25, 0.3) is 28.0 Å². The number of benzene rings is 2. The third kappa shape index (κ3) is 4.11. The minimum atomic E-state index is -0.263. The second kappa shape index (κ2) is 8.80.